The molecule has 1 aromatic rings. The third-order valence-electron chi connectivity index (χ3n) is 5.40. The van der Waals surface area contributed by atoms with Crippen LogP contribution in [0.15, 0.2) is 46.8 Å². The van der Waals surface area contributed by atoms with Crippen LogP contribution in [0.2, 0.25) is 0 Å². The second-order valence-corrected chi connectivity index (χ2v) is 8.98. The molecule has 0 saturated heterocycles. The topological polar surface area (TPSA) is 58.6 Å². The molecule has 0 spiro atoms. The molecule has 0 aromatic heterocycles. The van der Waals surface area contributed by atoms with Crippen LogP contribution in [0.1, 0.15) is 44.6 Å². The summed E-state index contributed by atoms with van der Waals surface area (Å²) < 4.78 is 5.58. The minimum atomic E-state index is -0.374. The second-order valence-electron chi connectivity index (χ2n) is 7.58. The van der Waals surface area contributed by atoms with Gasteiger partial charge in [-0.15, -0.1) is 0 Å². The van der Waals surface area contributed by atoms with Gasteiger partial charge in [-0.25, -0.2) is 4.79 Å². The number of hydrogen-bond donors (Lipinski definition) is 1. The number of anilines is 1. The summed E-state index contributed by atoms with van der Waals surface area (Å²) in [5.74, 6) is 1.18. The van der Waals surface area contributed by atoms with Crippen LogP contribution in [0.25, 0.3) is 0 Å². The molecule has 1 aromatic carbocycles. The van der Waals surface area contributed by atoms with E-state index in [0.29, 0.717) is 18.6 Å². The van der Waals surface area contributed by atoms with E-state index >= 15 is 0 Å². The van der Waals surface area contributed by atoms with Crippen molar-refractivity contribution in [2.75, 3.05) is 37.1 Å². The Morgan fingerprint density at radius 2 is 1.97 bits per heavy atom. The molecule has 3 rings (SSSR count). The van der Waals surface area contributed by atoms with Crippen molar-refractivity contribution in [3.8, 4) is 0 Å². The number of hydrogen-bond acceptors (Lipinski definition) is 6. The predicted octanol–water partition coefficient (Wildman–Crippen LogP) is 4.02. The van der Waals surface area contributed by atoms with Gasteiger partial charge in [-0.3, -0.25) is 4.79 Å². The molecule has 0 amide bonds. The minimum absolute atomic E-state index is 0.125. The lowest BCUT2D eigenvalue weighted by molar-refractivity contribution is -0.138. The highest BCUT2D eigenvalue weighted by atomic mass is 32.2. The number of rotatable bonds is 7. The third-order valence-corrected chi connectivity index (χ3v) is 6.27. The van der Waals surface area contributed by atoms with Gasteiger partial charge in [0.15, 0.2) is 5.78 Å². The fraction of sp³-hybridized carbons (Fsp3) is 0.478. The highest BCUT2D eigenvalue weighted by molar-refractivity contribution is 7.99. The summed E-state index contributed by atoms with van der Waals surface area (Å²) in [6.45, 7) is 4.36. The van der Waals surface area contributed by atoms with Crippen molar-refractivity contribution in [1.82, 2.24) is 5.32 Å². The van der Waals surface area contributed by atoms with E-state index in [1.807, 2.05) is 50.2 Å². The van der Waals surface area contributed by atoms with Crippen LogP contribution in [0.3, 0.4) is 0 Å². The maximum Gasteiger partial charge on any atom is 0.336 e. The van der Waals surface area contributed by atoms with Gasteiger partial charge in [0.2, 0.25) is 0 Å². The highest BCUT2D eigenvalue weighted by Gasteiger charge is 2.39. The lowest BCUT2D eigenvalue weighted by atomic mass is 9.75. The van der Waals surface area contributed by atoms with Gasteiger partial charge in [-0.05, 0) is 43.2 Å². The van der Waals surface area contributed by atoms with Crippen LogP contribution in [0.4, 0.5) is 5.69 Å². The van der Waals surface area contributed by atoms with Crippen LogP contribution in [-0.2, 0) is 14.3 Å². The smallest absolute Gasteiger partial charge is 0.336 e. The van der Waals surface area contributed by atoms with E-state index in [1.165, 1.54) is 0 Å². The first-order valence-electron chi connectivity index (χ1n) is 10.2. The van der Waals surface area contributed by atoms with Gasteiger partial charge in [-0.1, -0.05) is 19.1 Å². The SMILES string of the molecule is CCSCCOC(=O)C1=C(C)NC2=C(C(=O)CCC2)[C@H]1c1ccc(N(C)C)cc1. The first-order valence-corrected chi connectivity index (χ1v) is 11.4. The van der Waals surface area contributed by atoms with Crippen molar-refractivity contribution in [3.63, 3.8) is 0 Å². The Labute approximate surface area is 177 Å². The quantitative estimate of drug-likeness (QED) is 0.537. The Kier molecular flexibility index (Phi) is 7.06. The van der Waals surface area contributed by atoms with Crippen LogP contribution in [-0.4, -0.2) is 44.0 Å². The molecule has 1 atom stereocenters. The number of ether oxygens (including phenoxy) is 1. The van der Waals surface area contributed by atoms with Gasteiger partial charge >= 0.3 is 5.97 Å². The first kappa shape index (κ1) is 21.5. The number of thioether (sulfide) groups is 1. The van der Waals surface area contributed by atoms with E-state index in [9.17, 15) is 9.59 Å². The molecule has 6 heteroatoms. The Bertz CT molecular complexity index is 840. The van der Waals surface area contributed by atoms with Gasteiger partial charge in [0.1, 0.15) is 6.61 Å². The van der Waals surface area contributed by atoms with Crippen molar-refractivity contribution in [2.24, 2.45) is 0 Å². The molecule has 1 N–H and O–H groups in total. The average Bonchev–Trinajstić information content (AvgIpc) is 2.70. The normalized spacial score (nSPS) is 19.0. The summed E-state index contributed by atoms with van der Waals surface area (Å²) in [5, 5.41) is 3.33. The van der Waals surface area contributed by atoms with E-state index in [2.05, 4.69) is 12.2 Å². The molecule has 156 valence electrons. The summed E-state index contributed by atoms with van der Waals surface area (Å²) in [7, 11) is 3.98. The summed E-state index contributed by atoms with van der Waals surface area (Å²) >= 11 is 1.74. The van der Waals surface area contributed by atoms with E-state index in [0.717, 1.165) is 52.6 Å². The number of esters is 1. The Balaban J connectivity index is 1.98. The number of benzene rings is 1. The van der Waals surface area contributed by atoms with Crippen LogP contribution in [0.5, 0.6) is 0 Å². The van der Waals surface area contributed by atoms with Crippen LogP contribution >= 0.6 is 11.8 Å². The maximum atomic E-state index is 13.0. The van der Waals surface area contributed by atoms with Gasteiger partial charge in [-0.2, -0.15) is 11.8 Å². The molecule has 0 radical (unpaired) electrons. The molecular weight excluding hydrogens is 384 g/mol. The molecule has 0 bridgehead atoms. The predicted molar refractivity (Wildman–Crippen MR) is 119 cm³/mol. The molecule has 29 heavy (non-hydrogen) atoms. The zero-order chi connectivity index (χ0) is 21.0. The van der Waals surface area contributed by atoms with Gasteiger partial charge in [0, 0.05) is 54.8 Å². The summed E-state index contributed by atoms with van der Waals surface area (Å²) in [5.41, 5.74) is 5.06. The molecule has 5 nitrogen and oxygen atoms in total. The van der Waals surface area contributed by atoms with Gasteiger partial charge < -0.3 is 15.0 Å². The highest BCUT2D eigenvalue weighted by Crippen LogP contribution is 2.42. The summed E-state index contributed by atoms with van der Waals surface area (Å²) in [6, 6.07) is 8.10. The number of nitrogens with zero attached hydrogens (tertiary/aromatic N) is 1. The number of ketones is 1. The van der Waals surface area contributed by atoms with Crippen molar-refractivity contribution < 1.29 is 14.3 Å². The Hall–Kier alpha value is -2.21. The summed E-state index contributed by atoms with van der Waals surface area (Å²) in [6.07, 6.45) is 2.21. The van der Waals surface area contributed by atoms with Crippen molar-refractivity contribution >= 4 is 29.2 Å². The van der Waals surface area contributed by atoms with E-state index in [1.54, 1.807) is 11.8 Å². The molecule has 0 unspecified atom stereocenters. The van der Waals surface area contributed by atoms with E-state index < -0.39 is 0 Å². The van der Waals surface area contributed by atoms with E-state index in [-0.39, 0.29) is 17.7 Å². The van der Waals surface area contributed by atoms with Gasteiger partial charge in [0.05, 0.1) is 5.57 Å². The molecule has 1 aliphatic heterocycles. The zero-order valence-electron chi connectivity index (χ0n) is 17.7. The molecule has 1 aliphatic carbocycles. The fourth-order valence-corrected chi connectivity index (χ4v) is 4.46. The zero-order valence-corrected chi connectivity index (χ0v) is 18.5. The molecule has 0 saturated carbocycles. The van der Waals surface area contributed by atoms with Crippen molar-refractivity contribution in [1.29, 1.82) is 0 Å². The monoisotopic (exact) mass is 414 g/mol. The minimum Gasteiger partial charge on any atom is -0.461 e. The number of Topliss-reactive ketones (excluding diaryl/α,β-unsaturated/α-hetero) is 1. The van der Waals surface area contributed by atoms with Gasteiger partial charge in [0.25, 0.3) is 0 Å². The molecule has 1 heterocycles. The largest absolute Gasteiger partial charge is 0.461 e. The lowest BCUT2D eigenvalue weighted by Crippen LogP contribution is -2.34. The number of carbonyl (C=O) groups excluding carboxylic acids is 2. The fourth-order valence-electron chi connectivity index (χ4n) is 3.97. The van der Waals surface area contributed by atoms with Crippen LogP contribution < -0.4 is 10.2 Å². The van der Waals surface area contributed by atoms with E-state index in [4.69, 9.17) is 4.74 Å². The third kappa shape index (κ3) is 4.69. The first-order chi connectivity index (χ1) is 13.9. The standard InChI is InChI=1S/C23H30N2O3S/c1-5-29-14-13-28-23(27)20-15(2)24-18-7-6-8-19(26)22(18)21(20)16-9-11-17(12-10-16)25(3)4/h9-12,21,24H,5-8,13-14H2,1-4H3/t21-/m0/s1. The summed E-state index contributed by atoms with van der Waals surface area (Å²) in [4.78, 5) is 27.9. The maximum absolute atomic E-state index is 13.0. The molecular formula is C23H30N2O3S. The Morgan fingerprint density at radius 1 is 1.24 bits per heavy atom. The second kappa shape index (κ2) is 9.53. The number of dihydropyridines is 1. The number of carbonyl (C=O) groups is 2. The van der Waals surface area contributed by atoms with Crippen molar-refractivity contribution in [2.45, 2.75) is 39.0 Å². The van der Waals surface area contributed by atoms with Crippen molar-refractivity contribution in [3.05, 3.63) is 52.4 Å². The molecule has 2 aliphatic rings. The molecule has 0 fully saturated rings. The average molecular weight is 415 g/mol. The number of nitrogens with one attached hydrogen (secondary N) is 1. The lowest BCUT2D eigenvalue weighted by Gasteiger charge is -2.34. The number of allylic oxidation sites excluding steroid dienone is 3. The Morgan fingerprint density at radius 3 is 2.62 bits per heavy atom. The van der Waals surface area contributed by atoms with Crippen LogP contribution in [0, 0.1) is 0 Å².